The van der Waals surface area contributed by atoms with Crippen LogP contribution >= 0.6 is 11.6 Å². The second-order valence-corrected chi connectivity index (χ2v) is 7.41. The summed E-state index contributed by atoms with van der Waals surface area (Å²) in [4.78, 5) is 25.0. The smallest absolute Gasteiger partial charge is 0.320 e. The first-order chi connectivity index (χ1) is 14.0. The second kappa shape index (κ2) is 8.62. The second-order valence-electron chi connectivity index (χ2n) is 7.08. The summed E-state index contributed by atoms with van der Waals surface area (Å²) in [5.41, 5.74) is 6.83. The molecular weight excluding hydrogens is 398 g/mol. The minimum absolute atomic E-state index is 0.0324. The van der Waals surface area contributed by atoms with Gasteiger partial charge in [-0.1, -0.05) is 6.07 Å². The summed E-state index contributed by atoms with van der Waals surface area (Å²) in [7, 11) is 0. The van der Waals surface area contributed by atoms with Crippen LogP contribution in [-0.4, -0.2) is 81.6 Å². The minimum atomic E-state index is -0.335. The van der Waals surface area contributed by atoms with Crippen LogP contribution < -0.4 is 5.73 Å². The number of carbonyl (C=O) groups is 1. The zero-order valence-corrected chi connectivity index (χ0v) is 17.0. The molecule has 2 unspecified atom stereocenters. The number of hydrogen-bond acceptors (Lipinski definition) is 7. The van der Waals surface area contributed by atoms with Gasteiger partial charge in [0.2, 0.25) is 5.28 Å². The van der Waals surface area contributed by atoms with E-state index in [-0.39, 0.29) is 23.5 Å². The maximum atomic E-state index is 12.8. The molecule has 2 aliphatic rings. The van der Waals surface area contributed by atoms with Gasteiger partial charge in [0.1, 0.15) is 6.10 Å². The van der Waals surface area contributed by atoms with Crippen molar-refractivity contribution in [2.24, 2.45) is 5.73 Å². The number of pyridine rings is 1. The summed E-state index contributed by atoms with van der Waals surface area (Å²) >= 11 is 5.93. The lowest BCUT2D eigenvalue weighted by Crippen LogP contribution is -2.51. The van der Waals surface area contributed by atoms with Gasteiger partial charge in [-0.3, -0.25) is 0 Å². The number of morpholine rings is 2. The van der Waals surface area contributed by atoms with Crippen molar-refractivity contribution >= 4 is 17.6 Å². The zero-order valence-electron chi connectivity index (χ0n) is 16.2. The van der Waals surface area contributed by atoms with E-state index in [0.29, 0.717) is 57.6 Å². The maximum Gasteiger partial charge on any atom is 0.320 e. The van der Waals surface area contributed by atoms with Gasteiger partial charge in [-0.05, 0) is 24.6 Å². The van der Waals surface area contributed by atoms with Crippen LogP contribution in [0.3, 0.4) is 0 Å². The average molecular weight is 422 g/mol. The minimum Gasteiger partial charge on any atom is -0.378 e. The van der Waals surface area contributed by atoms with Crippen molar-refractivity contribution in [3.8, 4) is 5.82 Å². The van der Waals surface area contributed by atoms with E-state index < -0.39 is 0 Å². The number of hydrogen-bond donors (Lipinski definition) is 1. The van der Waals surface area contributed by atoms with Gasteiger partial charge >= 0.3 is 6.03 Å². The fourth-order valence-corrected chi connectivity index (χ4v) is 3.62. The van der Waals surface area contributed by atoms with Crippen molar-refractivity contribution in [3.63, 3.8) is 0 Å². The third kappa shape index (κ3) is 4.35. The summed E-state index contributed by atoms with van der Waals surface area (Å²) in [5, 5.41) is 4.28. The van der Waals surface area contributed by atoms with E-state index in [0.717, 1.165) is 5.56 Å². The quantitative estimate of drug-likeness (QED) is 0.791. The fourth-order valence-electron chi connectivity index (χ4n) is 3.45. The lowest BCUT2D eigenvalue weighted by molar-refractivity contribution is -0.0266. The SMILES string of the molecule is CC(N)c1nc(Cl)nn1-c1ccc(C2CN(C(=O)N3CCOCC3)CCO2)cn1. The van der Waals surface area contributed by atoms with Gasteiger partial charge < -0.3 is 25.0 Å². The first-order valence-corrected chi connectivity index (χ1v) is 9.98. The highest BCUT2D eigenvalue weighted by Gasteiger charge is 2.29. The molecule has 2 amide bonds. The van der Waals surface area contributed by atoms with Crippen LogP contribution in [0.25, 0.3) is 5.82 Å². The Morgan fingerprint density at radius 1 is 1.24 bits per heavy atom. The van der Waals surface area contributed by atoms with E-state index >= 15 is 0 Å². The van der Waals surface area contributed by atoms with Gasteiger partial charge in [0.05, 0.1) is 32.4 Å². The number of nitrogens with two attached hydrogens (primary N) is 1. The summed E-state index contributed by atoms with van der Waals surface area (Å²) in [6.07, 6.45) is 1.49. The first kappa shape index (κ1) is 20.0. The molecule has 29 heavy (non-hydrogen) atoms. The van der Waals surface area contributed by atoms with Gasteiger partial charge in [0, 0.05) is 31.4 Å². The number of halogens is 1. The van der Waals surface area contributed by atoms with Crippen LogP contribution in [0.5, 0.6) is 0 Å². The van der Waals surface area contributed by atoms with Gasteiger partial charge in [-0.2, -0.15) is 9.67 Å². The number of ether oxygens (including phenoxy) is 2. The standard InChI is InChI=1S/C18H24ClN7O3/c1-12(20)16-22-17(19)23-26(16)15-3-2-13(10-21-15)14-11-25(6-9-29-14)18(27)24-4-7-28-8-5-24/h2-3,10,12,14H,4-9,11,20H2,1H3. The Hall–Kier alpha value is -2.27. The number of rotatable bonds is 3. The Kier molecular flexibility index (Phi) is 5.95. The highest BCUT2D eigenvalue weighted by Crippen LogP contribution is 2.24. The zero-order chi connectivity index (χ0) is 20.4. The number of amides is 2. The van der Waals surface area contributed by atoms with Crippen molar-refractivity contribution < 1.29 is 14.3 Å². The Labute approximate surface area is 173 Å². The fraction of sp³-hybridized carbons (Fsp3) is 0.556. The van der Waals surface area contributed by atoms with E-state index in [2.05, 4.69) is 15.1 Å². The summed E-state index contributed by atoms with van der Waals surface area (Å²) < 4.78 is 12.8. The van der Waals surface area contributed by atoms with E-state index in [9.17, 15) is 4.79 Å². The predicted molar refractivity (Wildman–Crippen MR) is 105 cm³/mol. The molecule has 4 rings (SSSR count). The van der Waals surface area contributed by atoms with Crippen molar-refractivity contribution in [1.82, 2.24) is 29.5 Å². The number of urea groups is 1. The highest BCUT2D eigenvalue weighted by molar-refractivity contribution is 6.28. The third-order valence-corrected chi connectivity index (χ3v) is 5.15. The lowest BCUT2D eigenvalue weighted by atomic mass is 10.1. The molecule has 2 N–H and O–H groups in total. The molecule has 2 aliphatic heterocycles. The van der Waals surface area contributed by atoms with Crippen molar-refractivity contribution in [2.45, 2.75) is 19.1 Å². The van der Waals surface area contributed by atoms with Gasteiger partial charge in [-0.25, -0.2) is 9.78 Å². The normalized spacial score (nSPS) is 21.3. The summed E-state index contributed by atoms with van der Waals surface area (Å²) in [6, 6.07) is 3.43. The van der Waals surface area contributed by atoms with E-state index in [1.165, 1.54) is 4.68 Å². The molecule has 0 aliphatic carbocycles. The largest absolute Gasteiger partial charge is 0.378 e. The molecule has 0 aromatic carbocycles. The molecule has 0 bridgehead atoms. The van der Waals surface area contributed by atoms with E-state index in [1.807, 2.05) is 21.9 Å². The Bertz CT molecular complexity index is 852. The van der Waals surface area contributed by atoms with Gasteiger partial charge in [-0.15, -0.1) is 5.10 Å². The molecule has 0 saturated carbocycles. The third-order valence-electron chi connectivity index (χ3n) is 4.99. The molecule has 2 aromatic rings. The number of nitrogens with zero attached hydrogens (tertiary/aromatic N) is 6. The topological polar surface area (TPSA) is 112 Å². The van der Waals surface area contributed by atoms with Crippen molar-refractivity contribution in [3.05, 3.63) is 35.0 Å². The summed E-state index contributed by atoms with van der Waals surface area (Å²) in [6.45, 7) is 5.77. The number of carbonyl (C=O) groups excluding carboxylic acids is 1. The summed E-state index contributed by atoms with van der Waals surface area (Å²) in [5.74, 6) is 1.10. The predicted octanol–water partition coefficient (Wildman–Crippen LogP) is 1.16. The Morgan fingerprint density at radius 3 is 2.69 bits per heavy atom. The van der Waals surface area contributed by atoms with Crippen LogP contribution in [-0.2, 0) is 9.47 Å². The molecule has 2 aromatic heterocycles. The van der Waals surface area contributed by atoms with Crippen LogP contribution in [0, 0.1) is 0 Å². The van der Waals surface area contributed by atoms with Gasteiger partial charge in [0.25, 0.3) is 0 Å². The molecule has 156 valence electrons. The molecule has 11 heteroatoms. The maximum absolute atomic E-state index is 12.8. The van der Waals surface area contributed by atoms with Crippen LogP contribution in [0.15, 0.2) is 18.3 Å². The molecule has 2 atom stereocenters. The monoisotopic (exact) mass is 421 g/mol. The van der Waals surface area contributed by atoms with E-state index in [4.69, 9.17) is 26.8 Å². The van der Waals surface area contributed by atoms with Crippen LogP contribution in [0.4, 0.5) is 4.79 Å². The lowest BCUT2D eigenvalue weighted by Gasteiger charge is -2.37. The molecule has 0 radical (unpaired) electrons. The van der Waals surface area contributed by atoms with Crippen molar-refractivity contribution in [1.29, 1.82) is 0 Å². The average Bonchev–Trinajstić information content (AvgIpc) is 3.16. The molecule has 2 fully saturated rings. The number of aromatic nitrogens is 4. The molecule has 0 spiro atoms. The Morgan fingerprint density at radius 2 is 2.00 bits per heavy atom. The molecule has 4 heterocycles. The first-order valence-electron chi connectivity index (χ1n) is 9.60. The van der Waals surface area contributed by atoms with Crippen molar-refractivity contribution in [2.75, 3.05) is 46.0 Å². The molecular formula is C18H24ClN7O3. The molecule has 2 saturated heterocycles. The van der Waals surface area contributed by atoms with Crippen LogP contribution in [0.2, 0.25) is 5.28 Å². The molecule has 10 nitrogen and oxygen atoms in total. The van der Waals surface area contributed by atoms with E-state index in [1.54, 1.807) is 13.1 Å². The highest BCUT2D eigenvalue weighted by atomic mass is 35.5. The van der Waals surface area contributed by atoms with Crippen LogP contribution in [0.1, 0.15) is 30.5 Å². The Balaban J connectivity index is 1.47. The van der Waals surface area contributed by atoms with Gasteiger partial charge in [0.15, 0.2) is 11.6 Å².